The molecule has 0 spiro atoms. The topological polar surface area (TPSA) is 44.4 Å². The summed E-state index contributed by atoms with van der Waals surface area (Å²) in [4.78, 5) is 13.9. The molecule has 1 saturated heterocycles. The maximum Gasteiger partial charge on any atom is 0.319 e. The molecule has 2 amide bonds. The molecular formula is C15H21BrFN3O. The zero-order chi connectivity index (χ0) is 15.4. The quantitative estimate of drug-likeness (QED) is 0.868. The van der Waals surface area contributed by atoms with E-state index in [0.29, 0.717) is 26.1 Å². The van der Waals surface area contributed by atoms with Crippen LogP contribution in [0.15, 0.2) is 16.6 Å². The van der Waals surface area contributed by atoms with Gasteiger partial charge in [-0.05, 0) is 43.5 Å². The monoisotopic (exact) mass is 357 g/mol. The molecule has 0 saturated carbocycles. The van der Waals surface area contributed by atoms with Gasteiger partial charge in [0.1, 0.15) is 6.17 Å². The lowest BCUT2D eigenvalue weighted by atomic mass is 10.1. The molecule has 2 N–H and O–H groups in total. The van der Waals surface area contributed by atoms with E-state index in [1.807, 2.05) is 30.9 Å². The SMILES string of the molecule is Cc1cc(Br)cc(C)c1NC(=O)NCCN1CC[C@@H](F)C1. The number of anilines is 1. The van der Waals surface area contributed by atoms with Crippen LogP contribution in [0, 0.1) is 13.8 Å². The number of benzene rings is 1. The minimum atomic E-state index is -0.716. The molecular weight excluding hydrogens is 337 g/mol. The van der Waals surface area contributed by atoms with E-state index in [-0.39, 0.29) is 6.03 Å². The second kappa shape index (κ2) is 7.22. The Morgan fingerprint density at radius 3 is 2.67 bits per heavy atom. The van der Waals surface area contributed by atoms with Crippen molar-refractivity contribution in [3.8, 4) is 0 Å². The summed E-state index contributed by atoms with van der Waals surface area (Å²) in [5.74, 6) is 0. The van der Waals surface area contributed by atoms with Gasteiger partial charge in [-0.2, -0.15) is 0 Å². The molecule has 4 nitrogen and oxygen atoms in total. The molecule has 2 rings (SSSR count). The Morgan fingerprint density at radius 2 is 2.10 bits per heavy atom. The molecule has 0 aromatic heterocycles. The van der Waals surface area contributed by atoms with E-state index < -0.39 is 6.17 Å². The van der Waals surface area contributed by atoms with Crippen LogP contribution in [-0.4, -0.2) is 43.3 Å². The van der Waals surface area contributed by atoms with Gasteiger partial charge in [-0.1, -0.05) is 15.9 Å². The molecule has 1 atom stereocenters. The Bertz CT molecular complexity index is 501. The lowest BCUT2D eigenvalue weighted by Gasteiger charge is -2.16. The Morgan fingerprint density at radius 1 is 1.43 bits per heavy atom. The molecule has 0 aliphatic carbocycles. The van der Waals surface area contributed by atoms with Gasteiger partial charge in [0.25, 0.3) is 0 Å². The molecule has 1 heterocycles. The number of amides is 2. The van der Waals surface area contributed by atoms with Crippen LogP contribution in [0.2, 0.25) is 0 Å². The number of alkyl halides is 1. The first kappa shape index (κ1) is 16.2. The van der Waals surface area contributed by atoms with Gasteiger partial charge in [-0.15, -0.1) is 0 Å². The zero-order valence-corrected chi connectivity index (χ0v) is 14.0. The van der Waals surface area contributed by atoms with Crippen molar-refractivity contribution in [2.75, 3.05) is 31.5 Å². The van der Waals surface area contributed by atoms with Crippen LogP contribution in [0.4, 0.5) is 14.9 Å². The van der Waals surface area contributed by atoms with E-state index in [2.05, 4.69) is 26.6 Å². The van der Waals surface area contributed by atoms with E-state index in [4.69, 9.17) is 0 Å². The van der Waals surface area contributed by atoms with E-state index in [0.717, 1.165) is 27.8 Å². The molecule has 1 fully saturated rings. The number of nitrogens with zero attached hydrogens (tertiary/aromatic N) is 1. The summed E-state index contributed by atoms with van der Waals surface area (Å²) in [5, 5.41) is 5.69. The zero-order valence-electron chi connectivity index (χ0n) is 12.4. The van der Waals surface area contributed by atoms with Crippen LogP contribution in [0.5, 0.6) is 0 Å². The van der Waals surface area contributed by atoms with Crippen molar-refractivity contribution in [3.05, 3.63) is 27.7 Å². The third kappa shape index (κ3) is 4.68. The minimum Gasteiger partial charge on any atom is -0.337 e. The molecule has 1 aromatic rings. The number of halogens is 2. The molecule has 1 aromatic carbocycles. The maximum atomic E-state index is 13.0. The smallest absolute Gasteiger partial charge is 0.319 e. The van der Waals surface area contributed by atoms with Crippen LogP contribution in [0.25, 0.3) is 0 Å². The van der Waals surface area contributed by atoms with Crippen LogP contribution < -0.4 is 10.6 Å². The average Bonchev–Trinajstić information content (AvgIpc) is 2.79. The Balaban J connectivity index is 1.79. The predicted molar refractivity (Wildman–Crippen MR) is 86.6 cm³/mol. The molecule has 1 aliphatic heterocycles. The fourth-order valence-corrected chi connectivity index (χ4v) is 3.27. The largest absolute Gasteiger partial charge is 0.337 e. The number of nitrogens with one attached hydrogen (secondary N) is 2. The summed E-state index contributed by atoms with van der Waals surface area (Å²) in [5.41, 5.74) is 2.86. The van der Waals surface area contributed by atoms with E-state index in [9.17, 15) is 9.18 Å². The van der Waals surface area contributed by atoms with E-state index in [1.54, 1.807) is 0 Å². The third-order valence-electron chi connectivity index (χ3n) is 3.66. The second-order valence-corrected chi connectivity index (χ2v) is 6.40. The van der Waals surface area contributed by atoms with Crippen molar-refractivity contribution in [2.45, 2.75) is 26.4 Å². The van der Waals surface area contributed by atoms with Crippen LogP contribution in [0.1, 0.15) is 17.5 Å². The van der Waals surface area contributed by atoms with Crippen molar-refractivity contribution in [1.82, 2.24) is 10.2 Å². The minimum absolute atomic E-state index is 0.223. The number of urea groups is 1. The fraction of sp³-hybridized carbons (Fsp3) is 0.533. The number of carbonyl (C=O) groups excluding carboxylic acids is 1. The van der Waals surface area contributed by atoms with E-state index >= 15 is 0 Å². The summed E-state index contributed by atoms with van der Waals surface area (Å²) >= 11 is 3.43. The summed E-state index contributed by atoms with van der Waals surface area (Å²) in [6.07, 6.45) is -0.115. The highest BCUT2D eigenvalue weighted by atomic mass is 79.9. The summed E-state index contributed by atoms with van der Waals surface area (Å²) in [7, 11) is 0. The van der Waals surface area contributed by atoms with Gasteiger partial charge in [-0.25, -0.2) is 9.18 Å². The van der Waals surface area contributed by atoms with Crippen molar-refractivity contribution in [3.63, 3.8) is 0 Å². The fourth-order valence-electron chi connectivity index (χ4n) is 2.58. The number of rotatable bonds is 4. The molecule has 0 radical (unpaired) electrons. The van der Waals surface area contributed by atoms with Crippen LogP contribution in [-0.2, 0) is 0 Å². The van der Waals surface area contributed by atoms with Crippen molar-refractivity contribution >= 4 is 27.6 Å². The van der Waals surface area contributed by atoms with Crippen molar-refractivity contribution < 1.29 is 9.18 Å². The van der Waals surface area contributed by atoms with E-state index in [1.165, 1.54) is 0 Å². The Hall–Kier alpha value is -1.14. The van der Waals surface area contributed by atoms with Crippen LogP contribution in [0.3, 0.4) is 0 Å². The highest BCUT2D eigenvalue weighted by Crippen LogP contribution is 2.24. The molecule has 116 valence electrons. The number of carbonyl (C=O) groups is 1. The first-order chi connectivity index (χ1) is 9.95. The normalized spacial score (nSPS) is 18.8. The van der Waals surface area contributed by atoms with Gasteiger partial charge in [0, 0.05) is 36.3 Å². The van der Waals surface area contributed by atoms with Gasteiger partial charge < -0.3 is 10.6 Å². The highest BCUT2D eigenvalue weighted by Gasteiger charge is 2.21. The number of aryl methyl sites for hydroxylation is 2. The number of hydrogen-bond acceptors (Lipinski definition) is 2. The molecule has 6 heteroatoms. The molecule has 0 bridgehead atoms. The summed E-state index contributed by atoms with van der Waals surface area (Å²) < 4.78 is 14.0. The first-order valence-corrected chi connectivity index (χ1v) is 7.93. The van der Waals surface area contributed by atoms with Crippen molar-refractivity contribution in [2.24, 2.45) is 0 Å². The maximum absolute atomic E-state index is 13.0. The molecule has 1 aliphatic rings. The standard InChI is InChI=1S/C15H21BrFN3O/c1-10-7-12(16)8-11(2)14(10)19-15(21)18-4-6-20-5-3-13(17)9-20/h7-8,13H,3-6,9H2,1-2H3,(H2,18,19,21)/t13-/m1/s1. The van der Waals surface area contributed by atoms with Crippen molar-refractivity contribution in [1.29, 1.82) is 0 Å². The first-order valence-electron chi connectivity index (χ1n) is 7.13. The third-order valence-corrected chi connectivity index (χ3v) is 4.12. The van der Waals surface area contributed by atoms with Gasteiger partial charge in [0.05, 0.1) is 0 Å². The van der Waals surface area contributed by atoms with Gasteiger partial charge in [-0.3, -0.25) is 4.90 Å². The summed E-state index contributed by atoms with van der Waals surface area (Å²) in [6.45, 7) is 6.38. The Kier molecular flexibility index (Phi) is 5.58. The van der Waals surface area contributed by atoms with Crippen LogP contribution >= 0.6 is 15.9 Å². The van der Waals surface area contributed by atoms with Gasteiger partial charge >= 0.3 is 6.03 Å². The van der Waals surface area contributed by atoms with Gasteiger partial charge in [0.2, 0.25) is 0 Å². The predicted octanol–water partition coefficient (Wildman–Crippen LogP) is 3.23. The lowest BCUT2D eigenvalue weighted by molar-refractivity contribution is 0.248. The molecule has 0 unspecified atom stereocenters. The lowest BCUT2D eigenvalue weighted by Crippen LogP contribution is -2.36. The second-order valence-electron chi connectivity index (χ2n) is 5.48. The Labute approximate surface area is 133 Å². The average molecular weight is 358 g/mol. The summed E-state index contributed by atoms with van der Waals surface area (Å²) in [6, 6.07) is 3.71. The highest BCUT2D eigenvalue weighted by molar-refractivity contribution is 9.10. The number of hydrogen-bond donors (Lipinski definition) is 2. The number of likely N-dealkylation sites (tertiary alicyclic amines) is 1. The molecule has 21 heavy (non-hydrogen) atoms. The van der Waals surface area contributed by atoms with Gasteiger partial charge in [0.15, 0.2) is 0 Å².